The summed E-state index contributed by atoms with van der Waals surface area (Å²) in [6, 6.07) is 10.0. The molecule has 1 aromatic carbocycles. The molecular formula is C15H10N2O4. The number of carbonyl (C=O) groups is 1. The third-order valence-corrected chi connectivity index (χ3v) is 3.08. The van der Waals surface area contributed by atoms with Gasteiger partial charge in [-0.05, 0) is 25.1 Å². The van der Waals surface area contributed by atoms with Gasteiger partial charge in [-0.1, -0.05) is 12.1 Å². The highest BCUT2D eigenvalue weighted by Crippen LogP contribution is 2.21. The maximum absolute atomic E-state index is 12.5. The summed E-state index contributed by atoms with van der Waals surface area (Å²) in [5, 5.41) is 9.21. The second-order valence-electron chi connectivity index (χ2n) is 4.32. The fraction of sp³-hybridized carbons (Fsp3) is 0.133. The zero-order valence-corrected chi connectivity index (χ0v) is 11.1. The quantitative estimate of drug-likeness (QED) is 0.672. The normalized spacial score (nSPS) is 10.7. The molecule has 0 saturated carbocycles. The van der Waals surface area contributed by atoms with Crippen LogP contribution in [0.2, 0.25) is 0 Å². The molecule has 0 amide bonds. The van der Waals surface area contributed by atoms with Gasteiger partial charge < -0.3 is 9.15 Å². The van der Waals surface area contributed by atoms with Crippen LogP contribution in [0.25, 0.3) is 16.8 Å². The Labute approximate surface area is 118 Å². The van der Waals surface area contributed by atoms with Crippen molar-refractivity contribution in [3.8, 4) is 6.07 Å². The molecule has 3 aromatic rings. The number of para-hydroxylation sites is 2. The Balaban J connectivity index is 2.46. The first-order valence-corrected chi connectivity index (χ1v) is 6.32. The topological polar surface area (TPSA) is 84.7 Å². The Bertz CT molecular complexity index is 959. The maximum atomic E-state index is 12.5. The van der Waals surface area contributed by atoms with Gasteiger partial charge in [-0.2, -0.15) is 5.26 Å². The van der Waals surface area contributed by atoms with E-state index in [9.17, 15) is 14.9 Å². The Hall–Kier alpha value is -3.07. The number of pyridine rings is 1. The number of ether oxygens (including phenoxy) is 1. The molecule has 0 fully saturated rings. The Morgan fingerprint density at radius 2 is 2.19 bits per heavy atom. The number of hydrogen-bond donors (Lipinski definition) is 0. The molecule has 0 aliphatic carbocycles. The van der Waals surface area contributed by atoms with Gasteiger partial charge in [0.25, 0.3) is 5.56 Å². The molecule has 2 aromatic heterocycles. The van der Waals surface area contributed by atoms with E-state index < -0.39 is 11.5 Å². The molecule has 2 heterocycles. The lowest BCUT2D eigenvalue weighted by molar-refractivity contribution is 0.0524. The first-order valence-electron chi connectivity index (χ1n) is 6.32. The number of benzene rings is 1. The van der Waals surface area contributed by atoms with E-state index in [0.29, 0.717) is 11.1 Å². The van der Waals surface area contributed by atoms with Crippen molar-refractivity contribution in [1.82, 2.24) is 4.40 Å². The molecule has 0 radical (unpaired) electrons. The molecule has 21 heavy (non-hydrogen) atoms. The van der Waals surface area contributed by atoms with Crippen LogP contribution in [0, 0.1) is 11.3 Å². The summed E-state index contributed by atoms with van der Waals surface area (Å²) in [7, 11) is 0. The monoisotopic (exact) mass is 282 g/mol. The van der Waals surface area contributed by atoms with Gasteiger partial charge >= 0.3 is 5.97 Å². The predicted molar refractivity (Wildman–Crippen MR) is 74.1 cm³/mol. The molecular weight excluding hydrogens is 272 g/mol. The number of carbonyl (C=O) groups excluding carboxylic acids is 1. The first-order chi connectivity index (χ1) is 10.2. The number of fused-ring (bicyclic) bond motifs is 3. The molecule has 0 aliphatic rings. The maximum Gasteiger partial charge on any atom is 0.343 e. The van der Waals surface area contributed by atoms with E-state index in [1.165, 1.54) is 10.5 Å². The van der Waals surface area contributed by atoms with Gasteiger partial charge in [0.05, 0.1) is 12.1 Å². The second kappa shape index (κ2) is 4.80. The zero-order chi connectivity index (χ0) is 15.0. The van der Waals surface area contributed by atoms with Crippen LogP contribution in [0.4, 0.5) is 0 Å². The molecule has 6 heteroatoms. The molecule has 3 rings (SSSR count). The highest BCUT2D eigenvalue weighted by Gasteiger charge is 2.20. The highest BCUT2D eigenvalue weighted by atomic mass is 16.5. The molecule has 0 aliphatic heterocycles. The molecule has 0 bridgehead atoms. The molecule has 0 saturated heterocycles. The van der Waals surface area contributed by atoms with Crippen molar-refractivity contribution in [2.45, 2.75) is 6.92 Å². The average molecular weight is 282 g/mol. The average Bonchev–Trinajstić information content (AvgIpc) is 2.88. The predicted octanol–water partition coefficient (Wildman–Crippen LogP) is 2.09. The van der Waals surface area contributed by atoms with Gasteiger partial charge in [0.1, 0.15) is 17.2 Å². The molecule has 0 unspecified atom stereocenters. The number of esters is 1. The van der Waals surface area contributed by atoms with Gasteiger partial charge in [-0.15, -0.1) is 0 Å². The summed E-state index contributed by atoms with van der Waals surface area (Å²) >= 11 is 0. The molecule has 0 N–H and O–H groups in total. The lowest BCUT2D eigenvalue weighted by atomic mass is 10.2. The van der Waals surface area contributed by atoms with Gasteiger partial charge in [0, 0.05) is 0 Å². The first kappa shape index (κ1) is 12.9. The molecule has 0 spiro atoms. The van der Waals surface area contributed by atoms with Crippen molar-refractivity contribution in [2.75, 3.05) is 6.61 Å². The number of hydrogen-bond acceptors (Lipinski definition) is 5. The summed E-state index contributed by atoms with van der Waals surface area (Å²) in [4.78, 5) is 24.3. The van der Waals surface area contributed by atoms with Crippen molar-refractivity contribution in [1.29, 1.82) is 5.26 Å². The molecule has 0 atom stereocenters. The van der Waals surface area contributed by atoms with Crippen LogP contribution in [0.1, 0.15) is 22.8 Å². The number of aromatic nitrogens is 1. The summed E-state index contributed by atoms with van der Waals surface area (Å²) < 4.78 is 11.6. The number of nitriles is 1. The van der Waals surface area contributed by atoms with E-state index in [0.717, 1.165) is 0 Å². The van der Waals surface area contributed by atoms with Crippen molar-refractivity contribution >= 4 is 22.8 Å². The Kier molecular flexibility index (Phi) is 2.95. The summed E-state index contributed by atoms with van der Waals surface area (Å²) in [6.45, 7) is 1.79. The number of nitrogens with zero attached hydrogens (tertiary/aromatic N) is 2. The van der Waals surface area contributed by atoms with Crippen molar-refractivity contribution in [3.63, 3.8) is 0 Å². The summed E-state index contributed by atoms with van der Waals surface area (Å²) in [5.41, 5.74) is 0.447. The minimum Gasteiger partial charge on any atom is -0.462 e. The van der Waals surface area contributed by atoms with Crippen LogP contribution in [-0.2, 0) is 4.74 Å². The van der Waals surface area contributed by atoms with Crippen molar-refractivity contribution in [2.24, 2.45) is 0 Å². The SMILES string of the molecule is CCOC(=O)c1cc(C#N)c2oc3ccccc3n2c1=O. The lowest BCUT2D eigenvalue weighted by Gasteiger charge is -2.02. The van der Waals surface area contributed by atoms with Crippen LogP contribution in [0.5, 0.6) is 0 Å². The fourth-order valence-electron chi connectivity index (χ4n) is 2.19. The minimum absolute atomic E-state index is 0.105. The third kappa shape index (κ3) is 1.87. The molecule has 6 nitrogen and oxygen atoms in total. The second-order valence-corrected chi connectivity index (χ2v) is 4.32. The molecule has 104 valence electrons. The largest absolute Gasteiger partial charge is 0.462 e. The van der Waals surface area contributed by atoms with Gasteiger partial charge in [0.2, 0.25) is 5.71 Å². The minimum atomic E-state index is -0.751. The van der Waals surface area contributed by atoms with Crippen LogP contribution in [-0.4, -0.2) is 17.0 Å². The van der Waals surface area contributed by atoms with E-state index in [-0.39, 0.29) is 23.4 Å². The van der Waals surface area contributed by atoms with Crippen molar-refractivity contribution < 1.29 is 13.9 Å². The zero-order valence-electron chi connectivity index (χ0n) is 11.1. The number of rotatable bonds is 2. The van der Waals surface area contributed by atoms with Crippen LogP contribution >= 0.6 is 0 Å². The lowest BCUT2D eigenvalue weighted by Crippen LogP contribution is -2.23. The van der Waals surface area contributed by atoms with Crippen LogP contribution < -0.4 is 5.56 Å². The van der Waals surface area contributed by atoms with E-state index in [1.807, 2.05) is 6.07 Å². The highest BCUT2D eigenvalue weighted by molar-refractivity contribution is 5.91. The van der Waals surface area contributed by atoms with Gasteiger partial charge in [-0.25, -0.2) is 9.20 Å². The van der Waals surface area contributed by atoms with Crippen LogP contribution in [0.15, 0.2) is 39.5 Å². The standard InChI is InChI=1S/C15H10N2O4/c1-2-20-15(19)10-7-9(8-16)14-17(13(10)18)11-5-3-4-6-12(11)21-14/h3-7H,2H2,1H3. The van der Waals surface area contributed by atoms with E-state index in [1.54, 1.807) is 31.2 Å². The number of oxazole rings is 1. The Morgan fingerprint density at radius 1 is 1.43 bits per heavy atom. The Morgan fingerprint density at radius 3 is 2.90 bits per heavy atom. The third-order valence-electron chi connectivity index (χ3n) is 3.08. The van der Waals surface area contributed by atoms with E-state index in [2.05, 4.69) is 0 Å². The summed E-state index contributed by atoms with van der Waals surface area (Å²) in [5.74, 6) is -0.751. The smallest absolute Gasteiger partial charge is 0.343 e. The van der Waals surface area contributed by atoms with Crippen LogP contribution in [0.3, 0.4) is 0 Å². The fourth-order valence-corrected chi connectivity index (χ4v) is 2.19. The van der Waals surface area contributed by atoms with Crippen molar-refractivity contribution in [3.05, 3.63) is 51.8 Å². The van der Waals surface area contributed by atoms with E-state index >= 15 is 0 Å². The summed E-state index contributed by atoms with van der Waals surface area (Å²) in [6.07, 6.45) is 0. The van der Waals surface area contributed by atoms with Gasteiger partial charge in [0.15, 0.2) is 5.58 Å². The van der Waals surface area contributed by atoms with Gasteiger partial charge in [-0.3, -0.25) is 4.79 Å². The van der Waals surface area contributed by atoms with E-state index in [4.69, 9.17) is 9.15 Å².